The molecule has 22 heavy (non-hydrogen) atoms. The van der Waals surface area contributed by atoms with Crippen LogP contribution in [-0.4, -0.2) is 20.7 Å². The monoisotopic (exact) mass is 296 g/mol. The lowest BCUT2D eigenvalue weighted by atomic mass is 10.2. The van der Waals surface area contributed by atoms with E-state index >= 15 is 0 Å². The predicted molar refractivity (Wildman–Crippen MR) is 80.4 cm³/mol. The van der Waals surface area contributed by atoms with Crippen molar-refractivity contribution >= 4 is 11.6 Å². The number of hydrogen-bond acceptors (Lipinski definition) is 3. The molecule has 0 aliphatic rings. The molecule has 1 N–H and O–H groups in total. The Bertz CT molecular complexity index is 814. The van der Waals surface area contributed by atoms with Crippen molar-refractivity contribution in [2.45, 2.75) is 6.92 Å². The number of halogens is 1. The molecule has 0 fully saturated rings. The Hall–Kier alpha value is -3.02. The van der Waals surface area contributed by atoms with Gasteiger partial charge in [-0.25, -0.2) is 9.07 Å². The molecule has 0 unspecified atom stereocenters. The van der Waals surface area contributed by atoms with Gasteiger partial charge in [0.1, 0.15) is 11.5 Å². The highest BCUT2D eigenvalue weighted by Crippen LogP contribution is 2.18. The van der Waals surface area contributed by atoms with Crippen molar-refractivity contribution in [2.75, 3.05) is 5.32 Å². The summed E-state index contributed by atoms with van der Waals surface area (Å²) in [4.78, 5) is 16.2. The van der Waals surface area contributed by atoms with Crippen LogP contribution in [0.25, 0.3) is 5.69 Å². The van der Waals surface area contributed by atoms with Gasteiger partial charge in [-0.2, -0.15) is 5.10 Å². The zero-order valence-electron chi connectivity index (χ0n) is 11.8. The van der Waals surface area contributed by atoms with Crippen LogP contribution in [0.2, 0.25) is 0 Å². The minimum absolute atomic E-state index is 0.300. The molecule has 0 aliphatic carbocycles. The van der Waals surface area contributed by atoms with Crippen molar-refractivity contribution in [1.29, 1.82) is 0 Å². The van der Waals surface area contributed by atoms with Crippen molar-refractivity contribution < 1.29 is 9.18 Å². The van der Waals surface area contributed by atoms with Gasteiger partial charge in [-0.1, -0.05) is 12.1 Å². The molecule has 0 saturated carbocycles. The van der Waals surface area contributed by atoms with Crippen molar-refractivity contribution in [1.82, 2.24) is 14.8 Å². The van der Waals surface area contributed by atoms with Crippen molar-refractivity contribution in [3.05, 3.63) is 72.1 Å². The Kier molecular flexibility index (Phi) is 3.65. The van der Waals surface area contributed by atoms with Gasteiger partial charge in [0.15, 0.2) is 0 Å². The van der Waals surface area contributed by atoms with E-state index in [0.717, 1.165) is 0 Å². The molecular formula is C16H13FN4O. The Balaban J connectivity index is 1.91. The molecule has 2 aromatic heterocycles. The van der Waals surface area contributed by atoms with E-state index in [4.69, 9.17) is 0 Å². The number of carbonyl (C=O) groups is 1. The molecule has 1 aromatic carbocycles. The van der Waals surface area contributed by atoms with Crippen LogP contribution in [0.3, 0.4) is 0 Å². The number of para-hydroxylation sites is 1. The van der Waals surface area contributed by atoms with E-state index in [1.165, 1.54) is 16.9 Å². The Morgan fingerprint density at radius 3 is 2.64 bits per heavy atom. The van der Waals surface area contributed by atoms with Gasteiger partial charge in [0.2, 0.25) is 0 Å². The Labute approximate surface area is 126 Å². The number of hydrogen-bond donors (Lipinski definition) is 1. The minimum atomic E-state index is -0.394. The number of amides is 1. The fraction of sp³-hybridized carbons (Fsp3) is 0.0625. The minimum Gasteiger partial charge on any atom is -0.322 e. The van der Waals surface area contributed by atoms with Gasteiger partial charge < -0.3 is 5.32 Å². The first kappa shape index (κ1) is 13.9. The summed E-state index contributed by atoms with van der Waals surface area (Å²) in [6.45, 7) is 1.72. The van der Waals surface area contributed by atoms with Gasteiger partial charge in [0, 0.05) is 18.1 Å². The van der Waals surface area contributed by atoms with Crippen LogP contribution in [0.1, 0.15) is 16.1 Å². The lowest BCUT2D eigenvalue weighted by Crippen LogP contribution is -2.13. The van der Waals surface area contributed by atoms with E-state index in [2.05, 4.69) is 15.4 Å². The largest absolute Gasteiger partial charge is 0.322 e. The molecule has 0 spiro atoms. The van der Waals surface area contributed by atoms with Crippen molar-refractivity contribution in [2.24, 2.45) is 0 Å². The highest BCUT2D eigenvalue weighted by Gasteiger charge is 2.16. The van der Waals surface area contributed by atoms with Crippen LogP contribution >= 0.6 is 0 Å². The molecule has 5 nitrogen and oxygen atoms in total. The number of benzene rings is 1. The summed E-state index contributed by atoms with van der Waals surface area (Å²) in [7, 11) is 0. The Morgan fingerprint density at radius 2 is 1.91 bits per heavy atom. The third-order valence-electron chi connectivity index (χ3n) is 3.27. The van der Waals surface area contributed by atoms with E-state index in [0.29, 0.717) is 22.6 Å². The van der Waals surface area contributed by atoms with Gasteiger partial charge in [0.25, 0.3) is 5.91 Å². The van der Waals surface area contributed by atoms with Gasteiger partial charge in [-0.3, -0.25) is 9.78 Å². The second-order valence-electron chi connectivity index (χ2n) is 4.70. The van der Waals surface area contributed by atoms with Gasteiger partial charge >= 0.3 is 0 Å². The highest BCUT2D eigenvalue weighted by molar-refractivity contribution is 6.04. The smallest absolute Gasteiger partial charge is 0.259 e. The molecule has 3 rings (SSSR count). The topological polar surface area (TPSA) is 59.8 Å². The highest BCUT2D eigenvalue weighted by atomic mass is 19.1. The number of nitrogens with one attached hydrogen (secondary N) is 1. The summed E-state index contributed by atoms with van der Waals surface area (Å²) in [5, 5.41) is 6.87. The average Bonchev–Trinajstić information content (AvgIpc) is 2.90. The zero-order valence-corrected chi connectivity index (χ0v) is 11.8. The van der Waals surface area contributed by atoms with E-state index in [1.54, 1.807) is 49.6 Å². The fourth-order valence-corrected chi connectivity index (χ4v) is 2.13. The van der Waals surface area contributed by atoms with Crippen LogP contribution < -0.4 is 5.32 Å². The maximum Gasteiger partial charge on any atom is 0.259 e. The lowest BCUT2D eigenvalue weighted by molar-refractivity contribution is 0.102. The summed E-state index contributed by atoms with van der Waals surface area (Å²) in [5.74, 6) is -0.693. The standard InChI is InChI=1S/C16H13FN4O/c1-11-13(16(22)20-12-6-8-18-9-7-12)10-19-21(11)15-5-3-2-4-14(15)17/h2-10H,1H3,(H,18,20,22). The van der Waals surface area contributed by atoms with E-state index in [-0.39, 0.29) is 5.91 Å². The van der Waals surface area contributed by atoms with Crippen LogP contribution in [-0.2, 0) is 0 Å². The summed E-state index contributed by atoms with van der Waals surface area (Å²) < 4.78 is 15.3. The van der Waals surface area contributed by atoms with Gasteiger partial charge in [-0.15, -0.1) is 0 Å². The Morgan fingerprint density at radius 1 is 1.18 bits per heavy atom. The first-order chi connectivity index (χ1) is 10.7. The quantitative estimate of drug-likeness (QED) is 0.808. The van der Waals surface area contributed by atoms with Crippen LogP contribution in [0.5, 0.6) is 0 Å². The first-order valence-electron chi connectivity index (χ1n) is 6.67. The third kappa shape index (κ3) is 2.58. The number of anilines is 1. The molecule has 3 aromatic rings. The molecule has 0 atom stereocenters. The summed E-state index contributed by atoms with van der Waals surface area (Å²) >= 11 is 0. The SMILES string of the molecule is Cc1c(C(=O)Nc2ccncc2)cnn1-c1ccccc1F. The molecule has 0 aliphatic heterocycles. The summed E-state index contributed by atoms with van der Waals surface area (Å²) in [6.07, 6.45) is 4.61. The molecular weight excluding hydrogens is 283 g/mol. The molecule has 0 saturated heterocycles. The molecule has 0 bridgehead atoms. The molecule has 1 amide bonds. The third-order valence-corrected chi connectivity index (χ3v) is 3.27. The van der Waals surface area contributed by atoms with Crippen molar-refractivity contribution in [3.8, 4) is 5.69 Å². The maximum atomic E-state index is 13.8. The first-order valence-corrected chi connectivity index (χ1v) is 6.67. The summed E-state index contributed by atoms with van der Waals surface area (Å²) in [5.41, 5.74) is 1.90. The molecule has 110 valence electrons. The normalized spacial score (nSPS) is 10.5. The predicted octanol–water partition coefficient (Wildman–Crippen LogP) is 2.97. The zero-order chi connectivity index (χ0) is 15.5. The number of aromatic nitrogens is 3. The maximum absolute atomic E-state index is 13.8. The van der Waals surface area contributed by atoms with Gasteiger partial charge in [0.05, 0.1) is 17.5 Å². The van der Waals surface area contributed by atoms with Gasteiger partial charge in [-0.05, 0) is 31.2 Å². The van der Waals surface area contributed by atoms with Crippen molar-refractivity contribution in [3.63, 3.8) is 0 Å². The molecule has 2 heterocycles. The van der Waals surface area contributed by atoms with Crippen LogP contribution in [0, 0.1) is 12.7 Å². The number of carbonyl (C=O) groups excluding carboxylic acids is 1. The molecule has 0 radical (unpaired) electrons. The molecule has 6 heteroatoms. The van der Waals surface area contributed by atoms with Crippen LogP contribution in [0.4, 0.5) is 10.1 Å². The van der Waals surface area contributed by atoms with Crippen LogP contribution in [0.15, 0.2) is 55.0 Å². The number of rotatable bonds is 3. The summed E-state index contributed by atoms with van der Waals surface area (Å²) in [6, 6.07) is 9.67. The number of nitrogens with zero attached hydrogens (tertiary/aromatic N) is 3. The van der Waals surface area contributed by atoms with E-state index in [9.17, 15) is 9.18 Å². The second kappa shape index (κ2) is 5.77. The average molecular weight is 296 g/mol. The lowest BCUT2D eigenvalue weighted by Gasteiger charge is -2.07. The number of pyridine rings is 1. The van der Waals surface area contributed by atoms with E-state index in [1.807, 2.05) is 0 Å². The van der Waals surface area contributed by atoms with E-state index < -0.39 is 5.82 Å². The fourth-order valence-electron chi connectivity index (χ4n) is 2.13. The second-order valence-corrected chi connectivity index (χ2v) is 4.70.